The number of piperidine rings is 1. The van der Waals surface area contributed by atoms with Gasteiger partial charge in [-0.3, -0.25) is 15.0 Å². The Hall–Kier alpha value is -2.12. The normalized spacial score (nSPS) is 17.7. The van der Waals surface area contributed by atoms with E-state index < -0.39 is 0 Å². The number of aromatic nitrogens is 1. The molecule has 7 heteroatoms. The molecular formula is C19H25N3O3S. The van der Waals surface area contributed by atoms with Crippen molar-refractivity contribution in [1.29, 1.82) is 0 Å². The molecule has 6 nitrogen and oxygen atoms in total. The van der Waals surface area contributed by atoms with E-state index in [1.807, 2.05) is 5.38 Å². The minimum absolute atomic E-state index is 0.239. The van der Waals surface area contributed by atoms with Crippen LogP contribution in [0, 0.1) is 5.92 Å². The summed E-state index contributed by atoms with van der Waals surface area (Å²) in [4.78, 5) is 19.6. The van der Waals surface area contributed by atoms with E-state index in [4.69, 9.17) is 9.47 Å². The van der Waals surface area contributed by atoms with Gasteiger partial charge in [-0.2, -0.15) is 0 Å². The van der Waals surface area contributed by atoms with Crippen LogP contribution in [0.15, 0.2) is 23.6 Å². The number of likely N-dealkylation sites (tertiary alicyclic amines) is 1. The van der Waals surface area contributed by atoms with Gasteiger partial charge in [-0.05, 0) is 37.4 Å². The Balaban J connectivity index is 1.64. The van der Waals surface area contributed by atoms with Crippen molar-refractivity contribution in [2.45, 2.75) is 26.3 Å². The average Bonchev–Trinajstić information content (AvgIpc) is 3.07. The Bertz CT molecular complexity index is 762. The Kier molecular flexibility index (Phi) is 6.11. The molecule has 0 aliphatic carbocycles. The number of thiazole rings is 1. The standard InChI is InChI=1S/C19H25N3O3S/c1-13-5-4-8-22(10-13)11-14-12-26-19(20-14)21-18(23)16-7-6-15(24-2)9-17(16)25-3/h6-7,9,12-13H,4-5,8,10-11H2,1-3H3,(H,20,21,23). The third kappa shape index (κ3) is 4.53. The Morgan fingerprint density at radius 2 is 2.23 bits per heavy atom. The van der Waals surface area contributed by atoms with Crippen molar-refractivity contribution in [1.82, 2.24) is 9.88 Å². The van der Waals surface area contributed by atoms with Crippen LogP contribution in [0.2, 0.25) is 0 Å². The smallest absolute Gasteiger partial charge is 0.261 e. The van der Waals surface area contributed by atoms with Crippen molar-refractivity contribution in [2.24, 2.45) is 5.92 Å². The largest absolute Gasteiger partial charge is 0.497 e. The first kappa shape index (κ1) is 18.7. The fraction of sp³-hybridized carbons (Fsp3) is 0.474. The van der Waals surface area contributed by atoms with Gasteiger partial charge in [0.15, 0.2) is 5.13 Å². The highest BCUT2D eigenvalue weighted by Gasteiger charge is 2.18. The van der Waals surface area contributed by atoms with Gasteiger partial charge in [-0.1, -0.05) is 6.92 Å². The van der Waals surface area contributed by atoms with Crippen molar-refractivity contribution in [2.75, 3.05) is 32.6 Å². The number of ether oxygens (including phenoxy) is 2. The van der Waals surface area contributed by atoms with Gasteiger partial charge < -0.3 is 9.47 Å². The zero-order valence-corrected chi connectivity index (χ0v) is 16.3. The first-order valence-corrected chi connectivity index (χ1v) is 9.67. The van der Waals surface area contributed by atoms with Crippen molar-refractivity contribution < 1.29 is 14.3 Å². The third-order valence-corrected chi connectivity index (χ3v) is 5.36. The summed E-state index contributed by atoms with van der Waals surface area (Å²) >= 11 is 1.45. The Morgan fingerprint density at radius 3 is 2.96 bits per heavy atom. The monoisotopic (exact) mass is 375 g/mol. The molecule has 0 radical (unpaired) electrons. The van der Waals surface area contributed by atoms with Crippen molar-refractivity contribution in [3.8, 4) is 11.5 Å². The molecule has 140 valence electrons. The maximum Gasteiger partial charge on any atom is 0.261 e. The quantitative estimate of drug-likeness (QED) is 0.835. The van der Waals surface area contributed by atoms with E-state index >= 15 is 0 Å². The van der Waals surface area contributed by atoms with Gasteiger partial charge in [0, 0.05) is 24.5 Å². The van der Waals surface area contributed by atoms with Gasteiger partial charge in [0.1, 0.15) is 11.5 Å². The molecule has 1 unspecified atom stereocenters. The summed E-state index contributed by atoms with van der Waals surface area (Å²) in [5.74, 6) is 1.62. The first-order valence-electron chi connectivity index (χ1n) is 8.79. The van der Waals surface area contributed by atoms with Crippen LogP contribution in [-0.4, -0.2) is 43.1 Å². The minimum Gasteiger partial charge on any atom is -0.497 e. The van der Waals surface area contributed by atoms with Crippen LogP contribution in [0.4, 0.5) is 5.13 Å². The molecule has 1 aliphatic rings. The predicted molar refractivity (Wildman–Crippen MR) is 103 cm³/mol. The number of carbonyl (C=O) groups is 1. The molecule has 0 spiro atoms. The molecule has 2 aromatic rings. The maximum absolute atomic E-state index is 12.6. The number of hydrogen-bond acceptors (Lipinski definition) is 6. The molecule has 1 saturated heterocycles. The fourth-order valence-electron chi connectivity index (χ4n) is 3.25. The van der Waals surface area contributed by atoms with Crippen LogP contribution in [0.1, 0.15) is 35.8 Å². The van der Waals surface area contributed by atoms with Crippen LogP contribution in [0.5, 0.6) is 11.5 Å². The summed E-state index contributed by atoms with van der Waals surface area (Å²) in [6.07, 6.45) is 2.55. The summed E-state index contributed by atoms with van der Waals surface area (Å²) in [7, 11) is 3.11. The molecule has 1 N–H and O–H groups in total. The van der Waals surface area contributed by atoms with Gasteiger partial charge in [0.25, 0.3) is 5.91 Å². The molecule has 0 bridgehead atoms. The summed E-state index contributed by atoms with van der Waals surface area (Å²) in [6.45, 7) is 5.36. The second-order valence-corrected chi connectivity index (χ2v) is 7.50. The van der Waals surface area contributed by atoms with Crippen molar-refractivity contribution in [3.63, 3.8) is 0 Å². The number of nitrogens with zero attached hydrogens (tertiary/aromatic N) is 2. The number of methoxy groups -OCH3 is 2. The minimum atomic E-state index is -0.239. The summed E-state index contributed by atoms with van der Waals surface area (Å²) in [6, 6.07) is 5.12. The Labute approximate surface area is 158 Å². The van der Waals surface area contributed by atoms with Gasteiger partial charge in [-0.15, -0.1) is 11.3 Å². The molecule has 1 amide bonds. The average molecular weight is 375 g/mol. The van der Waals surface area contributed by atoms with Crippen LogP contribution in [-0.2, 0) is 6.54 Å². The summed E-state index contributed by atoms with van der Waals surface area (Å²) < 4.78 is 10.5. The molecule has 2 heterocycles. The molecule has 3 rings (SSSR count). The molecule has 1 aromatic carbocycles. The second kappa shape index (κ2) is 8.51. The number of benzene rings is 1. The zero-order chi connectivity index (χ0) is 18.5. The molecule has 1 fully saturated rings. The highest BCUT2D eigenvalue weighted by molar-refractivity contribution is 7.14. The van der Waals surface area contributed by atoms with Crippen molar-refractivity contribution in [3.05, 3.63) is 34.8 Å². The lowest BCUT2D eigenvalue weighted by Gasteiger charge is -2.30. The van der Waals surface area contributed by atoms with Crippen LogP contribution >= 0.6 is 11.3 Å². The molecule has 1 atom stereocenters. The summed E-state index contributed by atoms with van der Waals surface area (Å²) in [5.41, 5.74) is 1.45. The highest BCUT2D eigenvalue weighted by atomic mass is 32.1. The molecule has 1 aromatic heterocycles. The molecule has 26 heavy (non-hydrogen) atoms. The lowest BCUT2D eigenvalue weighted by molar-refractivity contribution is 0.102. The van der Waals surface area contributed by atoms with Gasteiger partial charge >= 0.3 is 0 Å². The van der Waals surface area contributed by atoms with E-state index in [-0.39, 0.29) is 5.91 Å². The topological polar surface area (TPSA) is 63.7 Å². The van der Waals surface area contributed by atoms with Gasteiger partial charge in [0.05, 0.1) is 25.5 Å². The van der Waals surface area contributed by atoms with Crippen LogP contribution in [0.25, 0.3) is 0 Å². The summed E-state index contributed by atoms with van der Waals surface area (Å²) in [5, 5.41) is 5.48. The maximum atomic E-state index is 12.6. The third-order valence-electron chi connectivity index (χ3n) is 4.55. The number of anilines is 1. The molecule has 0 saturated carbocycles. The highest BCUT2D eigenvalue weighted by Crippen LogP contribution is 2.26. The van der Waals surface area contributed by atoms with Gasteiger partial charge in [-0.25, -0.2) is 4.98 Å². The van der Waals surface area contributed by atoms with E-state index in [9.17, 15) is 4.79 Å². The Morgan fingerprint density at radius 1 is 1.38 bits per heavy atom. The van der Waals surface area contributed by atoms with Crippen molar-refractivity contribution >= 4 is 22.4 Å². The number of nitrogens with one attached hydrogen (secondary N) is 1. The van der Waals surface area contributed by atoms with E-state index in [0.717, 1.165) is 31.2 Å². The van der Waals surface area contributed by atoms with E-state index in [2.05, 4.69) is 22.1 Å². The van der Waals surface area contributed by atoms with E-state index in [1.54, 1.807) is 25.3 Å². The number of rotatable bonds is 6. The van der Waals surface area contributed by atoms with Crippen LogP contribution < -0.4 is 14.8 Å². The molecule has 1 aliphatic heterocycles. The van der Waals surface area contributed by atoms with E-state index in [0.29, 0.717) is 22.2 Å². The number of amides is 1. The van der Waals surface area contributed by atoms with Crippen LogP contribution in [0.3, 0.4) is 0 Å². The molecular weight excluding hydrogens is 350 g/mol. The number of hydrogen-bond donors (Lipinski definition) is 1. The number of carbonyl (C=O) groups excluding carboxylic acids is 1. The predicted octanol–water partition coefficient (Wildman–Crippen LogP) is 3.64. The van der Waals surface area contributed by atoms with E-state index in [1.165, 1.54) is 31.3 Å². The lowest BCUT2D eigenvalue weighted by atomic mass is 10.0. The fourth-order valence-corrected chi connectivity index (χ4v) is 3.94. The lowest BCUT2D eigenvalue weighted by Crippen LogP contribution is -2.33. The zero-order valence-electron chi connectivity index (χ0n) is 15.4. The first-order chi connectivity index (χ1) is 12.6. The SMILES string of the molecule is COc1ccc(C(=O)Nc2nc(CN3CCCC(C)C3)cs2)c(OC)c1. The van der Waals surface area contributed by atoms with Gasteiger partial charge in [0.2, 0.25) is 0 Å². The second-order valence-electron chi connectivity index (χ2n) is 6.65.